The fourth-order valence-corrected chi connectivity index (χ4v) is 4.23. The Morgan fingerprint density at radius 2 is 1.85 bits per heavy atom. The summed E-state index contributed by atoms with van der Waals surface area (Å²) in [5, 5.41) is 3.64. The zero-order valence-corrected chi connectivity index (χ0v) is 16.9. The number of para-hydroxylation sites is 1. The maximum atomic E-state index is 6.10. The summed E-state index contributed by atoms with van der Waals surface area (Å²) in [6.45, 7) is 7.23. The molecule has 1 saturated heterocycles. The molecule has 0 saturated carbocycles. The van der Waals surface area contributed by atoms with Crippen molar-refractivity contribution in [2.75, 3.05) is 20.3 Å². The second kappa shape index (κ2) is 9.38. The van der Waals surface area contributed by atoms with Crippen LogP contribution in [0.1, 0.15) is 44.2 Å². The van der Waals surface area contributed by atoms with Crippen molar-refractivity contribution in [2.24, 2.45) is 5.92 Å². The van der Waals surface area contributed by atoms with Crippen molar-refractivity contribution in [1.82, 2.24) is 5.32 Å². The van der Waals surface area contributed by atoms with Gasteiger partial charge in [-0.1, -0.05) is 62.4 Å². The highest BCUT2D eigenvalue weighted by molar-refractivity contribution is 5.40. The second-order valence-electron chi connectivity index (χ2n) is 8.00. The van der Waals surface area contributed by atoms with Crippen molar-refractivity contribution in [2.45, 2.75) is 51.2 Å². The third kappa shape index (κ3) is 4.91. The van der Waals surface area contributed by atoms with E-state index >= 15 is 0 Å². The van der Waals surface area contributed by atoms with Crippen LogP contribution in [0.3, 0.4) is 0 Å². The summed E-state index contributed by atoms with van der Waals surface area (Å²) >= 11 is 0. The Hall–Kier alpha value is -1.84. The summed E-state index contributed by atoms with van der Waals surface area (Å²) in [6.07, 6.45) is 3.49. The molecule has 3 nitrogen and oxygen atoms in total. The molecule has 2 aromatic carbocycles. The number of benzene rings is 2. The largest absolute Gasteiger partial charge is 0.496 e. The standard InChI is InChI=1S/C24H33NO2/c1-19(2)23-17-24(14-16-27-23,21-11-7-8-12-22(21)26-3)13-15-25-18-20-9-5-4-6-10-20/h4-12,19,23,25H,13-18H2,1-3H3/t23-,24-/m1/s1. The molecular formula is C24H33NO2. The van der Waals surface area contributed by atoms with Gasteiger partial charge in [0, 0.05) is 24.1 Å². The van der Waals surface area contributed by atoms with Gasteiger partial charge in [0.05, 0.1) is 13.2 Å². The molecule has 3 heteroatoms. The fraction of sp³-hybridized carbons (Fsp3) is 0.500. The Kier molecular flexibility index (Phi) is 6.92. The summed E-state index contributed by atoms with van der Waals surface area (Å²) in [7, 11) is 1.78. The molecular weight excluding hydrogens is 334 g/mol. The summed E-state index contributed by atoms with van der Waals surface area (Å²) < 4.78 is 11.8. The topological polar surface area (TPSA) is 30.5 Å². The Morgan fingerprint density at radius 1 is 1.11 bits per heavy atom. The van der Waals surface area contributed by atoms with E-state index in [0.717, 1.165) is 44.7 Å². The van der Waals surface area contributed by atoms with Gasteiger partial charge in [0.1, 0.15) is 5.75 Å². The van der Waals surface area contributed by atoms with Crippen molar-refractivity contribution in [3.8, 4) is 5.75 Å². The van der Waals surface area contributed by atoms with Crippen LogP contribution in [0.4, 0.5) is 0 Å². The fourth-order valence-electron chi connectivity index (χ4n) is 4.23. The summed E-state index contributed by atoms with van der Waals surface area (Å²) in [5.41, 5.74) is 2.77. The average Bonchev–Trinajstić information content (AvgIpc) is 2.72. The molecule has 1 heterocycles. The van der Waals surface area contributed by atoms with Crippen molar-refractivity contribution in [3.63, 3.8) is 0 Å². The molecule has 27 heavy (non-hydrogen) atoms. The lowest BCUT2D eigenvalue weighted by molar-refractivity contribution is -0.0473. The van der Waals surface area contributed by atoms with Crippen LogP contribution in [-0.4, -0.2) is 26.4 Å². The zero-order valence-electron chi connectivity index (χ0n) is 16.9. The predicted octanol–water partition coefficient (Wildman–Crippen LogP) is 4.95. The van der Waals surface area contributed by atoms with Gasteiger partial charge in [-0.2, -0.15) is 0 Å². The highest BCUT2D eigenvalue weighted by Crippen LogP contribution is 2.45. The van der Waals surface area contributed by atoms with Crippen molar-refractivity contribution in [3.05, 3.63) is 65.7 Å². The second-order valence-corrected chi connectivity index (χ2v) is 8.00. The van der Waals surface area contributed by atoms with E-state index in [0.29, 0.717) is 12.0 Å². The molecule has 0 aromatic heterocycles. The Bertz CT molecular complexity index is 701. The van der Waals surface area contributed by atoms with Gasteiger partial charge in [0.25, 0.3) is 0 Å². The first-order valence-electron chi connectivity index (χ1n) is 10.1. The quantitative estimate of drug-likeness (QED) is 0.670. The molecule has 2 atom stereocenters. The van der Waals surface area contributed by atoms with E-state index in [4.69, 9.17) is 9.47 Å². The summed E-state index contributed by atoms with van der Waals surface area (Å²) in [6, 6.07) is 19.1. The molecule has 0 bridgehead atoms. The van der Waals surface area contributed by atoms with Gasteiger partial charge < -0.3 is 14.8 Å². The van der Waals surface area contributed by atoms with E-state index in [9.17, 15) is 0 Å². The van der Waals surface area contributed by atoms with Crippen molar-refractivity contribution in [1.29, 1.82) is 0 Å². The molecule has 1 fully saturated rings. The Balaban J connectivity index is 1.75. The van der Waals surface area contributed by atoms with Gasteiger partial charge >= 0.3 is 0 Å². The number of rotatable bonds is 8. The molecule has 0 radical (unpaired) electrons. The van der Waals surface area contributed by atoms with E-state index in [1.165, 1.54) is 11.1 Å². The Labute approximate surface area is 164 Å². The minimum absolute atomic E-state index is 0.101. The number of ether oxygens (including phenoxy) is 2. The van der Waals surface area contributed by atoms with Gasteiger partial charge in [-0.25, -0.2) is 0 Å². The molecule has 3 rings (SSSR count). The first kappa shape index (κ1) is 19.9. The van der Waals surface area contributed by atoms with Crippen LogP contribution in [0, 0.1) is 5.92 Å². The predicted molar refractivity (Wildman–Crippen MR) is 111 cm³/mol. The SMILES string of the molecule is COc1ccccc1[C@]1(CCNCc2ccccc2)CCO[C@@H](C(C)C)C1. The number of hydrogen-bond acceptors (Lipinski definition) is 3. The first-order chi connectivity index (χ1) is 13.1. The van der Waals surface area contributed by atoms with E-state index in [2.05, 4.69) is 73.8 Å². The highest BCUT2D eigenvalue weighted by Gasteiger charge is 2.40. The normalized spacial score (nSPS) is 22.7. The summed E-state index contributed by atoms with van der Waals surface area (Å²) in [5.74, 6) is 1.53. The lowest BCUT2D eigenvalue weighted by atomic mass is 9.68. The summed E-state index contributed by atoms with van der Waals surface area (Å²) in [4.78, 5) is 0. The van der Waals surface area contributed by atoms with Crippen LogP contribution in [0.25, 0.3) is 0 Å². The van der Waals surface area contributed by atoms with Crippen LogP contribution in [0.5, 0.6) is 5.75 Å². The van der Waals surface area contributed by atoms with Gasteiger partial charge in [-0.05, 0) is 43.4 Å². The Morgan fingerprint density at radius 3 is 2.59 bits per heavy atom. The molecule has 146 valence electrons. The zero-order chi connectivity index (χ0) is 19.1. The van der Waals surface area contributed by atoms with Crippen LogP contribution in [0.2, 0.25) is 0 Å². The van der Waals surface area contributed by atoms with Gasteiger partial charge in [-0.3, -0.25) is 0 Å². The highest BCUT2D eigenvalue weighted by atomic mass is 16.5. The maximum absolute atomic E-state index is 6.10. The van der Waals surface area contributed by atoms with Crippen molar-refractivity contribution < 1.29 is 9.47 Å². The van der Waals surface area contributed by atoms with Crippen LogP contribution in [0.15, 0.2) is 54.6 Å². The lowest BCUT2D eigenvalue weighted by Gasteiger charge is -2.43. The van der Waals surface area contributed by atoms with Crippen LogP contribution >= 0.6 is 0 Å². The molecule has 0 aliphatic carbocycles. The monoisotopic (exact) mass is 367 g/mol. The molecule has 1 aliphatic rings. The molecule has 0 amide bonds. The van der Waals surface area contributed by atoms with Crippen LogP contribution in [-0.2, 0) is 16.7 Å². The van der Waals surface area contributed by atoms with Gasteiger partial charge in [-0.15, -0.1) is 0 Å². The van der Waals surface area contributed by atoms with Gasteiger partial charge in [0.15, 0.2) is 0 Å². The van der Waals surface area contributed by atoms with E-state index in [1.54, 1.807) is 7.11 Å². The number of methoxy groups -OCH3 is 1. The van der Waals surface area contributed by atoms with E-state index in [1.807, 2.05) is 0 Å². The maximum Gasteiger partial charge on any atom is 0.122 e. The lowest BCUT2D eigenvalue weighted by Crippen LogP contribution is -2.42. The molecule has 2 aromatic rings. The van der Waals surface area contributed by atoms with Crippen molar-refractivity contribution >= 4 is 0 Å². The van der Waals surface area contributed by atoms with E-state index in [-0.39, 0.29) is 5.41 Å². The third-order valence-corrected chi connectivity index (χ3v) is 5.88. The molecule has 1 aliphatic heterocycles. The van der Waals surface area contributed by atoms with E-state index < -0.39 is 0 Å². The van der Waals surface area contributed by atoms with Gasteiger partial charge in [0.2, 0.25) is 0 Å². The molecule has 1 N–H and O–H groups in total. The molecule has 0 unspecified atom stereocenters. The first-order valence-corrected chi connectivity index (χ1v) is 10.1. The minimum atomic E-state index is 0.101. The average molecular weight is 368 g/mol. The van der Waals surface area contributed by atoms with Crippen LogP contribution < -0.4 is 10.1 Å². The number of hydrogen-bond donors (Lipinski definition) is 1. The molecule has 0 spiro atoms. The third-order valence-electron chi connectivity index (χ3n) is 5.88. The number of nitrogens with one attached hydrogen (secondary N) is 1. The minimum Gasteiger partial charge on any atom is -0.496 e. The smallest absolute Gasteiger partial charge is 0.122 e.